The monoisotopic (exact) mass is 1290 g/mol. The minimum Gasteiger partial charge on any atom is -0.480 e. The number of carboxylic acids is 1. The largest absolute Gasteiger partial charge is 0.480 e. The van der Waals surface area contributed by atoms with Crippen molar-refractivity contribution in [2.24, 2.45) is 0 Å². The Balaban J connectivity index is 1.33. The second-order valence-corrected chi connectivity index (χ2v) is 27.9. The summed E-state index contributed by atoms with van der Waals surface area (Å²) in [6, 6.07) is 4.75. The molecule has 3 heterocycles. The van der Waals surface area contributed by atoms with Crippen molar-refractivity contribution in [1.82, 2.24) is 54.8 Å². The van der Waals surface area contributed by atoms with Crippen LogP contribution in [0.4, 0.5) is 5.95 Å². The fourth-order valence-corrected chi connectivity index (χ4v) is 12.7. The van der Waals surface area contributed by atoms with E-state index in [1.54, 1.807) is 82.8 Å². The Morgan fingerprint density at radius 2 is 1.30 bits per heavy atom. The maximum absolute atomic E-state index is 14.1. The third-order valence-corrected chi connectivity index (χ3v) is 16.9. The maximum Gasteiger partial charge on any atom is 0.323 e. The number of aryl methyl sites for hydroxylation is 4. The zero-order valence-electron chi connectivity index (χ0n) is 53.1. The second-order valence-electron chi connectivity index (χ2n) is 24.6. The molecular formula is C60H94N12O15S2. The van der Waals surface area contributed by atoms with Crippen molar-refractivity contribution in [1.29, 1.82) is 0 Å². The normalized spacial score (nSPS) is 15.7. The molecular weight excluding hydrogens is 1190 g/mol. The van der Waals surface area contributed by atoms with E-state index in [1.807, 2.05) is 35.5 Å². The van der Waals surface area contributed by atoms with Crippen LogP contribution in [0, 0.1) is 20.8 Å². The molecule has 3 amide bonds. The van der Waals surface area contributed by atoms with Crippen LogP contribution in [0.25, 0.3) is 10.9 Å². The maximum atomic E-state index is 14.1. The van der Waals surface area contributed by atoms with Gasteiger partial charge in [0.2, 0.25) is 27.3 Å². The summed E-state index contributed by atoms with van der Waals surface area (Å²) in [6.07, 6.45) is 8.68. The molecule has 1 fully saturated rings. The van der Waals surface area contributed by atoms with Gasteiger partial charge >= 0.3 is 17.9 Å². The third-order valence-electron chi connectivity index (χ3n) is 14.4. The van der Waals surface area contributed by atoms with Gasteiger partial charge in [0.05, 0.1) is 46.7 Å². The Morgan fingerprint density at radius 1 is 0.730 bits per heavy atom. The van der Waals surface area contributed by atoms with Gasteiger partial charge in [-0.15, -0.1) is 0 Å². The quantitative estimate of drug-likeness (QED) is 0.0270. The summed E-state index contributed by atoms with van der Waals surface area (Å²) < 4.78 is 73.0. The first-order valence-corrected chi connectivity index (χ1v) is 33.2. The zero-order valence-corrected chi connectivity index (χ0v) is 54.7. The number of H-pyrrole nitrogens is 1. The number of unbranched alkanes of at least 4 members (excludes halogenated alkanes) is 3. The number of nitrogens with one attached hydrogen (secondary N) is 6. The number of aliphatic carboxylic acids is 1. The summed E-state index contributed by atoms with van der Waals surface area (Å²) in [6.45, 7) is 21.2. The molecule has 89 heavy (non-hydrogen) atoms. The van der Waals surface area contributed by atoms with Crippen LogP contribution in [0.3, 0.4) is 0 Å². The molecule has 2 aromatic carbocycles. The van der Waals surface area contributed by atoms with E-state index in [-0.39, 0.29) is 68.5 Å². The van der Waals surface area contributed by atoms with Gasteiger partial charge in [-0.05, 0) is 111 Å². The number of nitrogens with zero attached hydrogens (tertiary/aromatic N) is 6. The van der Waals surface area contributed by atoms with E-state index in [0.717, 1.165) is 37.8 Å². The van der Waals surface area contributed by atoms with Crippen molar-refractivity contribution in [3.8, 4) is 0 Å². The molecule has 2 aromatic heterocycles. The molecule has 0 spiro atoms. The highest BCUT2D eigenvalue weighted by molar-refractivity contribution is 8.19. The van der Waals surface area contributed by atoms with Crippen LogP contribution in [-0.2, 0) is 56.6 Å². The van der Waals surface area contributed by atoms with Gasteiger partial charge in [0.1, 0.15) is 28.8 Å². The van der Waals surface area contributed by atoms with Crippen LogP contribution in [-0.4, -0.2) is 218 Å². The Bertz CT molecular complexity index is 3190. The molecule has 1 aliphatic rings. The smallest absolute Gasteiger partial charge is 0.323 e. The van der Waals surface area contributed by atoms with E-state index in [9.17, 15) is 60.7 Å². The number of aromatic amines is 1. The first-order valence-electron chi connectivity index (χ1n) is 30.1. The van der Waals surface area contributed by atoms with Gasteiger partial charge in [-0.1, -0.05) is 49.9 Å². The van der Waals surface area contributed by atoms with Gasteiger partial charge < -0.3 is 64.0 Å². The molecule has 27 nitrogen and oxygen atoms in total. The zero-order chi connectivity index (χ0) is 65.9. The number of carbonyl (C=O) groups is 6. The number of rotatable bonds is 29. The van der Waals surface area contributed by atoms with Crippen LogP contribution >= 0.6 is 10.9 Å². The summed E-state index contributed by atoms with van der Waals surface area (Å²) in [5.41, 5.74) is 0.142. The van der Waals surface area contributed by atoms with Crippen LogP contribution in [0.1, 0.15) is 113 Å². The van der Waals surface area contributed by atoms with Crippen molar-refractivity contribution in [2.45, 2.75) is 143 Å². The summed E-state index contributed by atoms with van der Waals surface area (Å²) in [4.78, 5) is 110. The van der Waals surface area contributed by atoms with E-state index < -0.39 is 97.1 Å². The highest BCUT2D eigenvalue weighted by Crippen LogP contribution is 2.33. The number of aromatic nitrogens is 3. The van der Waals surface area contributed by atoms with Gasteiger partial charge in [0, 0.05) is 103 Å². The van der Waals surface area contributed by atoms with Crippen molar-refractivity contribution >= 4 is 73.4 Å². The van der Waals surface area contributed by atoms with E-state index >= 15 is 0 Å². The van der Waals surface area contributed by atoms with Gasteiger partial charge in [-0.2, -0.15) is 4.72 Å². The molecule has 0 bridgehead atoms. The van der Waals surface area contributed by atoms with Crippen molar-refractivity contribution in [3.05, 3.63) is 87.0 Å². The van der Waals surface area contributed by atoms with Crippen LogP contribution in [0.5, 0.6) is 0 Å². The van der Waals surface area contributed by atoms with E-state index in [4.69, 9.17) is 9.47 Å². The highest BCUT2D eigenvalue weighted by atomic mass is 32.3. The van der Waals surface area contributed by atoms with Gasteiger partial charge in [-0.3, -0.25) is 48.3 Å². The fourth-order valence-electron chi connectivity index (χ4n) is 10.3. The second kappa shape index (κ2) is 33.5. The standard InChI is InChI=1S/C60H94N12O15S2/c1-11-12-13-14-21-68-23-25-69(27-28-71(39-52(75)87-60(8,9)10)30-29-70(26-24-68)38-51(74)86-59(5,6)7)37-50(73)66-48(40-88(81,82)83)56(78)61-18-15-22-72-36-46(53(76)45-17-16-44(33-49(45)72)34-65-58-62-19-20-63-58)55(77)64-35-47(57(79)80)67-89(84,85)54-42(3)31-41(2)32-43(54)4/h16-17,19-20,31-33,36,47-48,67,81-83H,11-15,18,21-30,34-35,37-40H2,1-10H3,(H,61,78)(H,64,77)(H,66,73)(H,79,80)(H2,62,63,65)/t47-,48-/m0/s1. The average molecular weight is 1290 g/mol. The lowest BCUT2D eigenvalue weighted by Crippen LogP contribution is -2.53. The Labute approximate surface area is 523 Å². The Kier molecular flexibility index (Phi) is 27.6. The average Bonchev–Trinajstić information content (AvgIpc) is 1.82. The summed E-state index contributed by atoms with van der Waals surface area (Å²) in [7, 11) is -8.77. The lowest BCUT2D eigenvalue weighted by molar-refractivity contribution is -0.158. The minimum atomic E-state index is -4.41. The van der Waals surface area contributed by atoms with Gasteiger partial charge in [0.25, 0.3) is 5.91 Å². The number of ether oxygens (including phenoxy) is 2. The number of carboxylic acid groups (broad SMARTS) is 1. The lowest BCUT2D eigenvalue weighted by Gasteiger charge is -2.34. The molecule has 5 rings (SSSR count). The number of anilines is 1. The first kappa shape index (κ1) is 73.2. The van der Waals surface area contributed by atoms with Crippen LogP contribution in [0.15, 0.2) is 58.6 Å². The summed E-state index contributed by atoms with van der Waals surface area (Å²) in [5.74, 6) is -5.37. The molecule has 2 atom stereocenters. The number of hydrogen-bond acceptors (Lipinski definition) is 20. The summed E-state index contributed by atoms with van der Waals surface area (Å²) in [5, 5.41) is 21.0. The van der Waals surface area contributed by atoms with Crippen LogP contribution < -0.4 is 31.4 Å². The number of imidazole rings is 1. The molecule has 0 saturated carbocycles. The molecule has 496 valence electrons. The molecule has 0 radical (unpaired) electrons. The number of carbonyl (C=O) groups excluding carboxylic acids is 5. The minimum absolute atomic E-state index is 0.0444. The molecule has 0 aliphatic carbocycles. The number of esters is 2. The van der Waals surface area contributed by atoms with E-state index in [2.05, 4.69) is 47.8 Å². The van der Waals surface area contributed by atoms with Crippen molar-refractivity contribution < 1.29 is 65.4 Å². The SMILES string of the molecule is CCCCCCN1CCN(CC(=O)N[C@@H](CS(O)(O)O)C(=O)NCCCn2cc(C(=O)NC[C@H](NS(=O)(=O)c3c(C)cc(C)cc3C)C(=O)O)c(=O)c3ccc(CNc4ncc[nH]4)cc32)CCN(CC(=O)OC(C)(C)C)CCN(CC(=O)OC(C)(C)C)CC1. The number of pyridine rings is 1. The number of amides is 3. The molecule has 0 unspecified atom stereocenters. The van der Waals surface area contributed by atoms with Gasteiger partial charge in [0.15, 0.2) is 5.95 Å². The lowest BCUT2D eigenvalue weighted by atomic mass is 10.1. The Hall–Kier alpha value is -6.54. The number of hydrogen-bond donors (Lipinski definition) is 10. The highest BCUT2D eigenvalue weighted by Gasteiger charge is 2.32. The van der Waals surface area contributed by atoms with Crippen molar-refractivity contribution in [2.75, 3.05) is 103 Å². The topological polar surface area (TPSA) is 360 Å². The van der Waals surface area contributed by atoms with E-state index in [0.29, 0.717) is 74.0 Å². The number of fused-ring (bicyclic) bond motifs is 1. The van der Waals surface area contributed by atoms with Gasteiger partial charge in [-0.25, -0.2) is 13.4 Å². The van der Waals surface area contributed by atoms with E-state index in [1.165, 1.54) is 12.3 Å². The van der Waals surface area contributed by atoms with Crippen LogP contribution in [0.2, 0.25) is 0 Å². The Morgan fingerprint density at radius 3 is 1.83 bits per heavy atom. The number of sulfonamides is 1. The number of benzene rings is 2. The predicted molar refractivity (Wildman–Crippen MR) is 340 cm³/mol. The third kappa shape index (κ3) is 25.3. The predicted octanol–water partition coefficient (Wildman–Crippen LogP) is 4.12. The summed E-state index contributed by atoms with van der Waals surface area (Å²) >= 11 is 0. The molecule has 1 saturated heterocycles. The molecule has 10 N–H and O–H groups in total. The van der Waals surface area contributed by atoms with Crippen molar-refractivity contribution in [3.63, 3.8) is 0 Å². The molecule has 4 aromatic rings. The molecule has 29 heteroatoms. The molecule has 1 aliphatic heterocycles. The fraction of sp³-hybridized carbons (Fsp3) is 0.600. The first-order chi connectivity index (χ1) is 41.7.